The van der Waals surface area contributed by atoms with Crippen LogP contribution in [0.25, 0.3) is 0 Å². The van der Waals surface area contributed by atoms with E-state index in [1.54, 1.807) is 0 Å². The maximum Gasteiger partial charge on any atom is 0.227 e. The Kier molecular flexibility index (Phi) is 3.84. The first-order chi connectivity index (χ1) is 6.47. The van der Waals surface area contributed by atoms with Gasteiger partial charge in [0.25, 0.3) is 0 Å². The van der Waals surface area contributed by atoms with E-state index >= 15 is 0 Å². The Balaban J connectivity index is 2.48. The molecule has 4 heteroatoms. The maximum absolute atomic E-state index is 11.8. The summed E-state index contributed by atoms with van der Waals surface area (Å²) in [5, 5.41) is 3.61. The van der Waals surface area contributed by atoms with E-state index in [2.05, 4.69) is 12.2 Å². The first-order valence-corrected chi connectivity index (χ1v) is 6.15. The van der Waals surface area contributed by atoms with E-state index in [0.717, 1.165) is 12.2 Å². The molecule has 0 aliphatic carbocycles. The largest absolute Gasteiger partial charge is 0.352 e. The van der Waals surface area contributed by atoms with Gasteiger partial charge in [0.05, 0.1) is 5.41 Å². The van der Waals surface area contributed by atoms with E-state index < -0.39 is 5.41 Å². The van der Waals surface area contributed by atoms with Gasteiger partial charge in [0, 0.05) is 17.8 Å². The highest BCUT2D eigenvalue weighted by Crippen LogP contribution is 2.27. The zero-order valence-electron chi connectivity index (χ0n) is 9.17. The van der Waals surface area contributed by atoms with Crippen LogP contribution in [0.5, 0.6) is 0 Å². The molecular formula is C10H20N2OS. The molecule has 3 N–H and O–H groups in total. The molecule has 0 aromatic carbocycles. The van der Waals surface area contributed by atoms with Crippen LogP contribution < -0.4 is 11.1 Å². The standard InChI is InChI=1S/C10H20N2OS/c1-7-8(4-5-14-7)12-9(13)10(2,3)6-11/h7-8H,4-6,11H2,1-3H3,(H,12,13). The summed E-state index contributed by atoms with van der Waals surface area (Å²) >= 11 is 1.92. The summed E-state index contributed by atoms with van der Waals surface area (Å²) in [6.07, 6.45) is 1.08. The fraction of sp³-hybridized carbons (Fsp3) is 0.900. The van der Waals surface area contributed by atoms with Crippen molar-refractivity contribution in [1.29, 1.82) is 0 Å². The van der Waals surface area contributed by atoms with Gasteiger partial charge in [-0.05, 0) is 26.0 Å². The minimum Gasteiger partial charge on any atom is -0.352 e. The lowest BCUT2D eigenvalue weighted by atomic mass is 9.92. The Hall–Kier alpha value is -0.220. The molecule has 2 atom stereocenters. The number of hydrogen-bond acceptors (Lipinski definition) is 3. The molecule has 0 bridgehead atoms. The third-order valence-electron chi connectivity index (χ3n) is 2.82. The summed E-state index contributed by atoms with van der Waals surface area (Å²) in [7, 11) is 0. The van der Waals surface area contributed by atoms with Gasteiger partial charge in [-0.3, -0.25) is 4.79 Å². The van der Waals surface area contributed by atoms with Crippen molar-refractivity contribution in [1.82, 2.24) is 5.32 Å². The molecule has 1 rings (SSSR count). The second kappa shape index (κ2) is 4.53. The van der Waals surface area contributed by atoms with Crippen LogP contribution in [0.3, 0.4) is 0 Å². The SMILES string of the molecule is CC1SCCC1NC(=O)C(C)(C)CN. The van der Waals surface area contributed by atoms with Crippen molar-refractivity contribution in [3.63, 3.8) is 0 Å². The Morgan fingerprint density at radius 2 is 2.29 bits per heavy atom. The summed E-state index contributed by atoms with van der Waals surface area (Å²) in [5.74, 6) is 1.23. The number of carbonyl (C=O) groups is 1. The third-order valence-corrected chi connectivity index (χ3v) is 4.14. The molecule has 1 aliphatic rings. The van der Waals surface area contributed by atoms with E-state index in [1.165, 1.54) is 0 Å². The lowest BCUT2D eigenvalue weighted by molar-refractivity contribution is -0.129. The smallest absolute Gasteiger partial charge is 0.227 e. The second-order valence-corrected chi connectivity index (χ2v) is 6.02. The fourth-order valence-corrected chi connectivity index (χ4v) is 2.58. The fourth-order valence-electron chi connectivity index (χ4n) is 1.38. The predicted molar refractivity (Wildman–Crippen MR) is 61.3 cm³/mol. The van der Waals surface area contributed by atoms with Crippen LogP contribution in [0.4, 0.5) is 0 Å². The zero-order valence-corrected chi connectivity index (χ0v) is 9.99. The maximum atomic E-state index is 11.8. The molecule has 1 saturated heterocycles. The monoisotopic (exact) mass is 216 g/mol. The lowest BCUT2D eigenvalue weighted by Crippen LogP contribution is -2.47. The molecule has 82 valence electrons. The van der Waals surface area contributed by atoms with Gasteiger partial charge in [0.2, 0.25) is 5.91 Å². The average molecular weight is 216 g/mol. The summed E-state index contributed by atoms with van der Waals surface area (Å²) < 4.78 is 0. The summed E-state index contributed by atoms with van der Waals surface area (Å²) in [4.78, 5) is 11.8. The van der Waals surface area contributed by atoms with Crippen molar-refractivity contribution in [3.8, 4) is 0 Å². The second-order valence-electron chi connectivity index (χ2n) is 4.53. The average Bonchev–Trinajstić information content (AvgIpc) is 2.52. The quantitative estimate of drug-likeness (QED) is 0.739. The van der Waals surface area contributed by atoms with Crippen molar-refractivity contribution in [2.24, 2.45) is 11.1 Å². The highest BCUT2D eigenvalue weighted by molar-refractivity contribution is 8.00. The Morgan fingerprint density at radius 3 is 2.71 bits per heavy atom. The number of nitrogens with one attached hydrogen (secondary N) is 1. The van der Waals surface area contributed by atoms with E-state index in [4.69, 9.17) is 5.73 Å². The molecule has 1 amide bonds. The normalized spacial score (nSPS) is 27.7. The molecule has 1 heterocycles. The molecule has 0 spiro atoms. The Morgan fingerprint density at radius 1 is 1.64 bits per heavy atom. The molecule has 14 heavy (non-hydrogen) atoms. The van der Waals surface area contributed by atoms with Crippen LogP contribution in [-0.2, 0) is 4.79 Å². The summed E-state index contributed by atoms with van der Waals surface area (Å²) in [5.41, 5.74) is 5.11. The minimum atomic E-state index is -0.438. The van der Waals surface area contributed by atoms with Gasteiger partial charge in [-0.25, -0.2) is 0 Å². The van der Waals surface area contributed by atoms with Crippen LogP contribution in [-0.4, -0.2) is 29.5 Å². The molecule has 2 unspecified atom stereocenters. The van der Waals surface area contributed by atoms with E-state index in [1.807, 2.05) is 25.6 Å². The predicted octanol–water partition coefficient (Wildman–Crippen LogP) is 0.981. The van der Waals surface area contributed by atoms with Crippen LogP contribution >= 0.6 is 11.8 Å². The van der Waals surface area contributed by atoms with Crippen LogP contribution in [0.2, 0.25) is 0 Å². The van der Waals surface area contributed by atoms with Gasteiger partial charge in [-0.15, -0.1) is 0 Å². The first kappa shape index (κ1) is 11.9. The lowest BCUT2D eigenvalue weighted by Gasteiger charge is -2.25. The van der Waals surface area contributed by atoms with E-state index in [0.29, 0.717) is 17.8 Å². The molecular weight excluding hydrogens is 196 g/mol. The highest BCUT2D eigenvalue weighted by atomic mass is 32.2. The van der Waals surface area contributed by atoms with Crippen LogP contribution in [0.1, 0.15) is 27.2 Å². The molecule has 1 fully saturated rings. The molecule has 1 aliphatic heterocycles. The number of rotatable bonds is 3. The Labute approximate surface area is 90.2 Å². The molecule has 0 aromatic rings. The summed E-state index contributed by atoms with van der Waals surface area (Å²) in [6, 6.07) is 0.332. The minimum absolute atomic E-state index is 0.0827. The Bertz CT molecular complexity index is 218. The van der Waals surface area contributed by atoms with E-state index in [-0.39, 0.29) is 5.91 Å². The van der Waals surface area contributed by atoms with Gasteiger partial charge in [-0.1, -0.05) is 6.92 Å². The topological polar surface area (TPSA) is 55.1 Å². The number of hydrogen-bond donors (Lipinski definition) is 2. The molecule has 0 saturated carbocycles. The first-order valence-electron chi connectivity index (χ1n) is 5.10. The van der Waals surface area contributed by atoms with Gasteiger partial charge < -0.3 is 11.1 Å². The van der Waals surface area contributed by atoms with Crippen molar-refractivity contribution in [3.05, 3.63) is 0 Å². The van der Waals surface area contributed by atoms with Crippen LogP contribution in [0, 0.1) is 5.41 Å². The van der Waals surface area contributed by atoms with Crippen molar-refractivity contribution in [2.45, 2.75) is 38.5 Å². The highest BCUT2D eigenvalue weighted by Gasteiger charge is 2.31. The van der Waals surface area contributed by atoms with Crippen molar-refractivity contribution < 1.29 is 4.79 Å². The summed E-state index contributed by atoms with van der Waals surface area (Å²) in [6.45, 7) is 6.33. The number of carbonyl (C=O) groups excluding carboxylic acids is 1. The number of nitrogens with two attached hydrogens (primary N) is 1. The zero-order chi connectivity index (χ0) is 10.8. The van der Waals surface area contributed by atoms with Gasteiger partial charge in [-0.2, -0.15) is 11.8 Å². The molecule has 0 aromatic heterocycles. The molecule has 3 nitrogen and oxygen atoms in total. The van der Waals surface area contributed by atoms with Gasteiger partial charge in [0.1, 0.15) is 0 Å². The van der Waals surface area contributed by atoms with Crippen LogP contribution in [0.15, 0.2) is 0 Å². The number of amides is 1. The van der Waals surface area contributed by atoms with Crippen molar-refractivity contribution >= 4 is 17.7 Å². The molecule has 0 radical (unpaired) electrons. The number of thioether (sulfide) groups is 1. The van der Waals surface area contributed by atoms with Gasteiger partial charge in [0.15, 0.2) is 0 Å². The van der Waals surface area contributed by atoms with Crippen molar-refractivity contribution in [2.75, 3.05) is 12.3 Å². The third kappa shape index (κ3) is 2.64. The van der Waals surface area contributed by atoms with E-state index in [9.17, 15) is 4.79 Å². The van der Waals surface area contributed by atoms with Gasteiger partial charge >= 0.3 is 0 Å².